The van der Waals surface area contributed by atoms with Gasteiger partial charge in [0.1, 0.15) is 23.1 Å². The molecule has 420 valence electrons. The molecular weight excluding hydrogens is 1020 g/mol. The molecule has 1 unspecified atom stereocenters. The Kier molecular flexibility index (Phi) is 20.2. The summed E-state index contributed by atoms with van der Waals surface area (Å²) in [5.41, 5.74) is 8.92. The lowest BCUT2D eigenvalue weighted by atomic mass is 9.86. The normalized spacial score (nSPS) is 17.8. The van der Waals surface area contributed by atoms with Gasteiger partial charge in [0.25, 0.3) is 17.7 Å². The molecule has 79 heavy (non-hydrogen) atoms. The number of hydrogen-bond acceptors (Lipinski definition) is 14. The van der Waals surface area contributed by atoms with E-state index < -0.39 is 41.0 Å². The summed E-state index contributed by atoms with van der Waals surface area (Å²) in [5, 5.41) is 18.6. The topological polar surface area (TPSA) is 274 Å². The van der Waals surface area contributed by atoms with Gasteiger partial charge in [-0.2, -0.15) is 0 Å². The fourth-order valence-corrected chi connectivity index (χ4v) is 10.0. The summed E-state index contributed by atoms with van der Waals surface area (Å²) < 4.78 is 38.4. The third kappa shape index (κ3) is 15.1. The lowest BCUT2D eigenvalue weighted by Crippen LogP contribution is -2.57. The number of amidine groups is 2. The molecule has 2 atom stereocenters. The number of unbranched alkanes of at least 4 members (excludes halogenated alkanes) is 3. The summed E-state index contributed by atoms with van der Waals surface area (Å²) in [4.78, 5) is 89.6. The molecule has 0 spiro atoms. The van der Waals surface area contributed by atoms with Crippen LogP contribution in [0, 0.1) is 5.82 Å². The molecule has 6 amide bonds. The summed E-state index contributed by atoms with van der Waals surface area (Å²) in [6.07, 6.45) is 8.63. The monoisotopic (exact) mass is 1090 g/mol. The van der Waals surface area contributed by atoms with Gasteiger partial charge in [-0.15, -0.1) is 0 Å². The molecule has 22 heteroatoms. The van der Waals surface area contributed by atoms with Gasteiger partial charge in [-0.05, 0) is 124 Å². The molecule has 1 aromatic heterocycles. The van der Waals surface area contributed by atoms with Crippen molar-refractivity contribution in [2.24, 2.45) is 10.7 Å². The molecule has 0 saturated carbocycles. The number of nitrogens with one attached hydrogen (secondary N) is 4. The predicted molar refractivity (Wildman–Crippen MR) is 292 cm³/mol. The maximum atomic E-state index is 15.3. The molecular formula is C57H71FN11O10+. The Bertz CT molecular complexity index is 2860. The highest BCUT2D eigenvalue weighted by Gasteiger charge is 2.46. The minimum absolute atomic E-state index is 0.00359. The molecule has 4 aromatic rings. The second-order valence-electron chi connectivity index (χ2n) is 19.9. The number of carbonyl (C=O) groups is 6. The molecule has 4 aliphatic heterocycles. The van der Waals surface area contributed by atoms with E-state index in [9.17, 15) is 28.8 Å². The van der Waals surface area contributed by atoms with Gasteiger partial charge < -0.3 is 50.4 Å². The van der Waals surface area contributed by atoms with Crippen molar-refractivity contribution in [3.05, 3.63) is 119 Å². The molecule has 3 saturated heterocycles. The van der Waals surface area contributed by atoms with Crippen LogP contribution in [0.1, 0.15) is 113 Å². The Labute approximate surface area is 458 Å². The van der Waals surface area contributed by atoms with Gasteiger partial charge in [-0.25, -0.2) is 4.39 Å². The minimum Gasteiger partial charge on any atom is -0.494 e. The Balaban J connectivity index is 0.638. The zero-order valence-electron chi connectivity index (χ0n) is 44.6. The van der Waals surface area contributed by atoms with Crippen LogP contribution in [0.4, 0.5) is 15.8 Å². The van der Waals surface area contributed by atoms with E-state index in [4.69, 9.17) is 30.1 Å². The van der Waals surface area contributed by atoms with E-state index in [2.05, 4.69) is 31.2 Å². The van der Waals surface area contributed by atoms with E-state index in [1.54, 1.807) is 40.4 Å². The van der Waals surface area contributed by atoms with Crippen LogP contribution in [-0.2, 0) is 28.6 Å². The molecule has 4 aliphatic rings. The third-order valence-electron chi connectivity index (χ3n) is 14.5. The summed E-state index contributed by atoms with van der Waals surface area (Å²) in [5.74, 6) is -2.26. The lowest BCUT2D eigenvalue weighted by Gasteiger charge is -2.36. The number of aliphatic imine (C=N–C) groups is 1. The Morgan fingerprint density at radius 3 is 2.22 bits per heavy atom. The van der Waals surface area contributed by atoms with Gasteiger partial charge in [0.05, 0.1) is 74.5 Å². The van der Waals surface area contributed by atoms with Crippen molar-refractivity contribution in [1.82, 2.24) is 30.7 Å². The van der Waals surface area contributed by atoms with Crippen LogP contribution in [-0.4, -0.2) is 159 Å². The van der Waals surface area contributed by atoms with E-state index in [0.29, 0.717) is 95.9 Å². The quantitative estimate of drug-likeness (QED) is 0.0228. The zero-order chi connectivity index (χ0) is 55.7. The molecule has 8 rings (SSSR count). The van der Waals surface area contributed by atoms with E-state index in [-0.39, 0.29) is 60.5 Å². The first-order valence-corrected chi connectivity index (χ1v) is 27.1. The number of anilines is 2. The molecule has 5 heterocycles. The number of carbonyl (C=O) groups excluding carboxylic acids is 6. The minimum atomic E-state index is -1.14. The van der Waals surface area contributed by atoms with Crippen molar-refractivity contribution in [2.75, 3.05) is 95.7 Å². The Morgan fingerprint density at radius 2 is 1.49 bits per heavy atom. The van der Waals surface area contributed by atoms with Crippen molar-refractivity contribution < 1.29 is 57.5 Å². The number of nitrogens with zero attached hydrogens (tertiary/aromatic N) is 5. The van der Waals surface area contributed by atoms with E-state index >= 15 is 4.39 Å². The van der Waals surface area contributed by atoms with Crippen LogP contribution in [0.2, 0.25) is 0 Å². The number of ether oxygens (including phenoxy) is 4. The molecule has 0 aliphatic carbocycles. The van der Waals surface area contributed by atoms with Gasteiger partial charge in [-0.1, -0.05) is 24.6 Å². The van der Waals surface area contributed by atoms with Crippen LogP contribution in [0.25, 0.3) is 0 Å². The highest BCUT2D eigenvalue weighted by molar-refractivity contribution is 6.24. The van der Waals surface area contributed by atoms with E-state index in [0.717, 1.165) is 72.3 Å². The Hall–Kier alpha value is -7.66. The van der Waals surface area contributed by atoms with Crippen LogP contribution < -0.4 is 42.0 Å². The SMILES string of the molecule is C[C@@H](NC(=O)c1cccc(NC2(C(N)=NC(=[NH2+])c3ccncc3)CCNCC2)c1)c1cccc(OCCCCCCOCCOCCOCCC(=O)N2CCN(c3cc4c(cc3F)C(=O)N(C3CCC(=O)NC3=O)C4=O)CC2)c1. The number of imide groups is 2. The summed E-state index contributed by atoms with van der Waals surface area (Å²) >= 11 is 0. The summed E-state index contributed by atoms with van der Waals surface area (Å²) in [7, 11) is 0. The number of halogens is 1. The van der Waals surface area contributed by atoms with Crippen molar-refractivity contribution in [3.8, 4) is 5.75 Å². The second-order valence-corrected chi connectivity index (χ2v) is 19.9. The maximum Gasteiger partial charge on any atom is 0.323 e. The predicted octanol–water partition coefficient (Wildman–Crippen LogP) is 2.94. The highest BCUT2D eigenvalue weighted by atomic mass is 19.1. The number of benzene rings is 3. The second kappa shape index (κ2) is 27.8. The lowest BCUT2D eigenvalue weighted by molar-refractivity contribution is -0.136. The summed E-state index contributed by atoms with van der Waals surface area (Å²) in [6, 6.07) is 19.6. The number of nitrogens with two attached hydrogens (primary N) is 2. The van der Waals surface area contributed by atoms with Gasteiger partial charge in [0, 0.05) is 62.9 Å². The molecule has 3 aromatic carbocycles. The highest BCUT2D eigenvalue weighted by Crippen LogP contribution is 2.33. The smallest absolute Gasteiger partial charge is 0.323 e. The van der Waals surface area contributed by atoms with Crippen molar-refractivity contribution >= 4 is 58.5 Å². The van der Waals surface area contributed by atoms with Crippen LogP contribution in [0.5, 0.6) is 5.75 Å². The van der Waals surface area contributed by atoms with Crippen LogP contribution in [0.15, 0.2) is 90.2 Å². The van der Waals surface area contributed by atoms with Crippen molar-refractivity contribution in [2.45, 2.75) is 82.3 Å². The van der Waals surface area contributed by atoms with Crippen LogP contribution >= 0.6 is 0 Å². The van der Waals surface area contributed by atoms with E-state index in [1.807, 2.05) is 49.4 Å². The number of piperidine rings is 2. The fraction of sp³-hybridized carbons (Fsp3) is 0.456. The van der Waals surface area contributed by atoms with Gasteiger partial charge >= 0.3 is 5.84 Å². The zero-order valence-corrected chi connectivity index (χ0v) is 44.6. The first-order chi connectivity index (χ1) is 38.3. The number of pyridine rings is 1. The largest absolute Gasteiger partial charge is 0.494 e. The average Bonchev–Trinajstić information content (AvgIpc) is 3.97. The first-order valence-electron chi connectivity index (χ1n) is 27.1. The molecule has 0 bridgehead atoms. The molecule has 8 N–H and O–H groups in total. The standard InChI is InChI=1S/C57H70FN11O10/c1-38(63-52(72)41-9-6-10-42(34-41)66-57(17-21-62-22-18-57)56(60)65-51(59)39-14-19-61-20-15-39)40-8-7-11-43(35-40)79-28-5-3-2-4-27-76-30-32-78-33-31-77-29-16-50(71)68-25-23-67(24-26-68)48-37-45-44(36-46(48)58)54(74)69(55(45)75)47-12-13-49(70)64-53(47)73/h6-11,14-15,19-20,34-38,47,62,66H,2-5,12-13,16-18,21-33H2,1H3,(H,63,72)(H3,59,60,65)(H,64,70,73)/p+1/t38-,47?/m1/s1. The number of hydrogen-bond donors (Lipinski definition) is 6. The number of rotatable bonds is 26. The first kappa shape index (κ1) is 57.5. The molecule has 21 nitrogen and oxygen atoms in total. The molecule has 3 fully saturated rings. The molecule has 0 radical (unpaired) electrons. The summed E-state index contributed by atoms with van der Waals surface area (Å²) in [6.45, 7) is 7.72. The number of aromatic nitrogens is 1. The number of fused-ring (bicyclic) bond motifs is 1. The van der Waals surface area contributed by atoms with Crippen LogP contribution in [0.3, 0.4) is 0 Å². The van der Waals surface area contributed by atoms with Gasteiger partial charge in [0.15, 0.2) is 0 Å². The number of piperazine rings is 1. The maximum absolute atomic E-state index is 15.3. The van der Waals surface area contributed by atoms with Gasteiger partial charge in [0.2, 0.25) is 23.6 Å². The van der Waals surface area contributed by atoms with E-state index in [1.165, 1.54) is 6.07 Å². The fourth-order valence-electron chi connectivity index (χ4n) is 10.0. The number of amides is 6. The van der Waals surface area contributed by atoms with Crippen molar-refractivity contribution in [3.63, 3.8) is 0 Å². The average molecular weight is 1090 g/mol. The van der Waals surface area contributed by atoms with Gasteiger partial charge in [-0.3, -0.25) is 49.4 Å². The van der Waals surface area contributed by atoms with Crippen molar-refractivity contribution in [1.29, 1.82) is 0 Å². The Morgan fingerprint density at radius 1 is 0.823 bits per heavy atom. The third-order valence-corrected chi connectivity index (χ3v) is 14.5.